The number of rotatable bonds is 24. The second-order valence-corrected chi connectivity index (χ2v) is 10.1. The van der Waals surface area contributed by atoms with E-state index in [4.69, 9.17) is 9.47 Å². The highest BCUT2D eigenvalue weighted by Gasteiger charge is 2.11. The van der Waals surface area contributed by atoms with Crippen LogP contribution in [-0.4, -0.2) is 19.3 Å². The van der Waals surface area contributed by atoms with Crippen molar-refractivity contribution >= 4 is 0 Å². The second kappa shape index (κ2) is 22.1. The molecule has 34 heavy (non-hydrogen) atoms. The van der Waals surface area contributed by atoms with Gasteiger partial charge in [-0.1, -0.05) is 135 Å². The Hall–Kier alpha value is -1.38. The summed E-state index contributed by atoms with van der Waals surface area (Å²) in [5.74, 6) is 1.64. The summed E-state index contributed by atoms with van der Waals surface area (Å²) in [6.07, 6.45) is 30.2. The first kappa shape index (κ1) is 30.7. The summed E-state index contributed by atoms with van der Waals surface area (Å²) in [4.78, 5) is 0. The van der Waals surface area contributed by atoms with Gasteiger partial charge in [-0.2, -0.15) is 0 Å². The Morgan fingerprint density at radius 1 is 0.529 bits per heavy atom. The van der Waals surface area contributed by atoms with Crippen molar-refractivity contribution in [3.05, 3.63) is 17.7 Å². The largest absolute Gasteiger partial charge is 0.507 e. The maximum Gasteiger partial charge on any atom is 0.129 e. The molecule has 198 valence electrons. The molecule has 0 radical (unpaired) electrons. The highest BCUT2D eigenvalue weighted by atomic mass is 16.5. The summed E-state index contributed by atoms with van der Waals surface area (Å²) in [5.41, 5.74) is 0.904. The molecule has 1 rings (SSSR count). The minimum absolute atomic E-state index is 0.282. The normalized spacial score (nSPS) is 11.1. The van der Waals surface area contributed by atoms with Gasteiger partial charge in [-0.15, -0.1) is 0 Å². The van der Waals surface area contributed by atoms with Crippen molar-refractivity contribution in [2.45, 2.75) is 148 Å². The minimum atomic E-state index is 0.282. The Kier molecular flexibility index (Phi) is 19.9. The molecule has 1 N–H and O–H groups in total. The van der Waals surface area contributed by atoms with Crippen LogP contribution in [0, 0.1) is 0 Å². The molecule has 0 aliphatic carbocycles. The lowest BCUT2D eigenvalue weighted by Crippen LogP contribution is -1.95. The van der Waals surface area contributed by atoms with Crippen LogP contribution < -0.4 is 9.47 Å². The molecule has 0 aliphatic heterocycles. The molecule has 0 aliphatic rings. The fourth-order valence-corrected chi connectivity index (χ4v) is 4.89. The lowest BCUT2D eigenvalue weighted by atomic mass is 10.0. The van der Waals surface area contributed by atoms with Gasteiger partial charge in [0.25, 0.3) is 0 Å². The van der Waals surface area contributed by atoms with Gasteiger partial charge < -0.3 is 14.6 Å². The first-order valence-corrected chi connectivity index (χ1v) is 14.7. The molecule has 0 heterocycles. The van der Waals surface area contributed by atoms with E-state index in [2.05, 4.69) is 6.92 Å². The molecule has 0 aromatic heterocycles. The monoisotopic (exact) mass is 476 g/mol. The molecule has 1 aromatic carbocycles. The Morgan fingerprint density at radius 2 is 0.912 bits per heavy atom. The van der Waals surface area contributed by atoms with Gasteiger partial charge in [-0.05, 0) is 12.8 Å². The molecule has 3 heteroatoms. The Labute approximate surface area is 212 Å². The number of methoxy groups -OCH3 is 2. The van der Waals surface area contributed by atoms with Crippen molar-refractivity contribution in [3.8, 4) is 17.2 Å². The zero-order chi connectivity index (χ0) is 24.7. The summed E-state index contributed by atoms with van der Waals surface area (Å²) in [7, 11) is 3.25. The predicted octanol–water partition coefficient (Wildman–Crippen LogP) is 10.2. The highest BCUT2D eigenvalue weighted by Crippen LogP contribution is 2.34. The molecular formula is C31H56O3. The van der Waals surface area contributed by atoms with Crippen LogP contribution in [0.2, 0.25) is 0 Å². The van der Waals surface area contributed by atoms with E-state index >= 15 is 0 Å². The average Bonchev–Trinajstić information content (AvgIpc) is 2.85. The van der Waals surface area contributed by atoms with E-state index in [1.54, 1.807) is 20.3 Å². The van der Waals surface area contributed by atoms with Gasteiger partial charge >= 0.3 is 0 Å². The zero-order valence-electron chi connectivity index (χ0n) is 23.0. The van der Waals surface area contributed by atoms with Gasteiger partial charge in [0.05, 0.1) is 14.2 Å². The SMILES string of the molecule is CCCCCCCCCCCCCCCCCCCCCCCc1c(O)cc(OC)cc1OC. The fourth-order valence-electron chi connectivity index (χ4n) is 4.89. The Balaban J connectivity index is 1.84. The quantitative estimate of drug-likeness (QED) is 0.151. The second-order valence-electron chi connectivity index (χ2n) is 10.1. The lowest BCUT2D eigenvalue weighted by Gasteiger charge is -2.12. The van der Waals surface area contributed by atoms with E-state index in [-0.39, 0.29) is 5.75 Å². The van der Waals surface area contributed by atoms with Gasteiger partial charge in [0, 0.05) is 17.7 Å². The molecule has 0 bridgehead atoms. The number of phenolic OH excluding ortho intramolecular Hbond substituents is 1. The smallest absolute Gasteiger partial charge is 0.129 e. The number of hydrogen-bond acceptors (Lipinski definition) is 3. The van der Waals surface area contributed by atoms with Crippen molar-refractivity contribution < 1.29 is 14.6 Å². The maximum atomic E-state index is 10.2. The van der Waals surface area contributed by atoms with Gasteiger partial charge in [0.15, 0.2) is 0 Å². The topological polar surface area (TPSA) is 38.7 Å². The van der Waals surface area contributed by atoms with E-state index in [1.165, 1.54) is 128 Å². The summed E-state index contributed by atoms with van der Waals surface area (Å²) in [5, 5.41) is 10.2. The number of aromatic hydroxyl groups is 1. The fraction of sp³-hybridized carbons (Fsp3) is 0.806. The molecule has 0 unspecified atom stereocenters. The molecule has 0 saturated carbocycles. The molecule has 0 fully saturated rings. The first-order valence-electron chi connectivity index (χ1n) is 14.7. The summed E-state index contributed by atoms with van der Waals surface area (Å²) in [6, 6.07) is 3.53. The summed E-state index contributed by atoms with van der Waals surface area (Å²) < 4.78 is 10.6. The van der Waals surface area contributed by atoms with Crippen LogP contribution in [0.25, 0.3) is 0 Å². The Bertz CT molecular complexity index is 584. The third-order valence-electron chi connectivity index (χ3n) is 7.14. The predicted molar refractivity (Wildman–Crippen MR) is 148 cm³/mol. The number of benzene rings is 1. The molecule has 3 nitrogen and oxygen atoms in total. The van der Waals surface area contributed by atoms with Crippen LogP contribution in [0.5, 0.6) is 17.2 Å². The van der Waals surface area contributed by atoms with Gasteiger partial charge in [0.1, 0.15) is 17.2 Å². The third kappa shape index (κ3) is 15.5. The summed E-state index contributed by atoms with van der Waals surface area (Å²) in [6.45, 7) is 2.29. The molecule has 0 saturated heterocycles. The van der Waals surface area contributed by atoms with Gasteiger partial charge in [-0.3, -0.25) is 0 Å². The van der Waals surface area contributed by atoms with E-state index in [9.17, 15) is 5.11 Å². The molecule has 0 amide bonds. The number of hydrogen-bond donors (Lipinski definition) is 1. The van der Waals surface area contributed by atoms with E-state index in [1.807, 2.05) is 6.07 Å². The molecule has 0 spiro atoms. The van der Waals surface area contributed by atoms with Crippen LogP contribution in [0.4, 0.5) is 0 Å². The van der Waals surface area contributed by atoms with E-state index in [0.717, 1.165) is 24.2 Å². The average molecular weight is 477 g/mol. The first-order chi connectivity index (χ1) is 16.7. The zero-order valence-corrected chi connectivity index (χ0v) is 23.0. The minimum Gasteiger partial charge on any atom is -0.507 e. The van der Waals surface area contributed by atoms with Crippen molar-refractivity contribution in [2.24, 2.45) is 0 Å². The van der Waals surface area contributed by atoms with Crippen molar-refractivity contribution in [1.29, 1.82) is 0 Å². The molecule has 0 atom stereocenters. The van der Waals surface area contributed by atoms with Gasteiger partial charge in [-0.25, -0.2) is 0 Å². The summed E-state index contributed by atoms with van der Waals surface area (Å²) >= 11 is 0. The van der Waals surface area contributed by atoms with Crippen molar-refractivity contribution in [1.82, 2.24) is 0 Å². The van der Waals surface area contributed by atoms with Crippen LogP contribution in [0.1, 0.15) is 147 Å². The van der Waals surface area contributed by atoms with Crippen LogP contribution in [-0.2, 0) is 6.42 Å². The van der Waals surface area contributed by atoms with Crippen molar-refractivity contribution in [2.75, 3.05) is 14.2 Å². The number of phenols is 1. The van der Waals surface area contributed by atoms with Crippen LogP contribution in [0.3, 0.4) is 0 Å². The van der Waals surface area contributed by atoms with E-state index in [0.29, 0.717) is 5.75 Å². The van der Waals surface area contributed by atoms with Gasteiger partial charge in [0.2, 0.25) is 0 Å². The molecule has 1 aromatic rings. The maximum absolute atomic E-state index is 10.2. The molecular weight excluding hydrogens is 420 g/mol. The highest BCUT2D eigenvalue weighted by molar-refractivity contribution is 5.50. The Morgan fingerprint density at radius 3 is 1.26 bits per heavy atom. The standard InChI is InChI=1S/C31H56O3/c1-4-5-6-7-8-9-10-11-12-13-14-15-16-17-18-19-20-21-22-23-24-25-29-30(32)26-28(33-2)27-31(29)34-3/h26-27,32H,4-25H2,1-3H3. The van der Waals surface area contributed by atoms with Crippen LogP contribution in [0.15, 0.2) is 12.1 Å². The van der Waals surface area contributed by atoms with Crippen LogP contribution >= 0.6 is 0 Å². The third-order valence-corrected chi connectivity index (χ3v) is 7.14. The van der Waals surface area contributed by atoms with Crippen molar-refractivity contribution in [3.63, 3.8) is 0 Å². The number of unbranched alkanes of at least 4 members (excludes halogenated alkanes) is 20. The number of ether oxygens (including phenoxy) is 2. The lowest BCUT2D eigenvalue weighted by molar-refractivity contribution is 0.378. The van der Waals surface area contributed by atoms with E-state index < -0.39 is 0 Å².